The van der Waals surface area contributed by atoms with Crippen LogP contribution < -0.4 is 16.5 Å². The van der Waals surface area contributed by atoms with Gasteiger partial charge in [-0.3, -0.25) is 9.63 Å². The van der Waals surface area contributed by atoms with E-state index in [0.717, 1.165) is 25.7 Å². The van der Waals surface area contributed by atoms with E-state index in [4.69, 9.17) is 15.3 Å². The molecule has 0 aromatic carbocycles. The number of primary amides is 1. The molecule has 1 rings (SSSR count). The predicted octanol–water partition coefficient (Wildman–Crippen LogP) is 0.829. The number of hydroxylamine groups is 1. The molecule has 2 amide bonds. The van der Waals surface area contributed by atoms with E-state index in [0.29, 0.717) is 0 Å². The zero-order chi connectivity index (χ0) is 15.2. The summed E-state index contributed by atoms with van der Waals surface area (Å²) in [5.74, 6) is -0.517. The monoisotopic (exact) mass is 287 g/mol. The number of alkyl carbamates (subject to hydrolysis) is 1. The quantitative estimate of drug-likeness (QED) is 0.650. The van der Waals surface area contributed by atoms with E-state index in [1.807, 2.05) is 20.8 Å². The summed E-state index contributed by atoms with van der Waals surface area (Å²) in [5, 5.41) is 2.86. The van der Waals surface area contributed by atoms with Crippen LogP contribution in [0.3, 0.4) is 0 Å². The van der Waals surface area contributed by atoms with Crippen molar-refractivity contribution in [3.8, 4) is 0 Å². The number of carbonyl (C=O) groups is 2. The third kappa shape index (κ3) is 7.30. The van der Waals surface area contributed by atoms with Crippen molar-refractivity contribution in [3.05, 3.63) is 0 Å². The molecule has 0 spiro atoms. The molecule has 7 heteroatoms. The minimum absolute atomic E-state index is 0.0493. The molecule has 1 saturated carbocycles. The van der Waals surface area contributed by atoms with Gasteiger partial charge >= 0.3 is 6.09 Å². The first kappa shape index (κ1) is 16.7. The van der Waals surface area contributed by atoms with Crippen LogP contribution >= 0.6 is 0 Å². The fourth-order valence-electron chi connectivity index (χ4n) is 2.13. The number of ether oxygens (including phenoxy) is 1. The van der Waals surface area contributed by atoms with E-state index in [2.05, 4.69) is 10.8 Å². The molecule has 1 aliphatic rings. The van der Waals surface area contributed by atoms with Gasteiger partial charge in [0, 0.05) is 12.1 Å². The maximum atomic E-state index is 11.7. The van der Waals surface area contributed by atoms with E-state index >= 15 is 0 Å². The van der Waals surface area contributed by atoms with E-state index in [-0.39, 0.29) is 18.7 Å². The Morgan fingerprint density at radius 1 is 1.25 bits per heavy atom. The first-order valence-electron chi connectivity index (χ1n) is 6.91. The minimum Gasteiger partial charge on any atom is -0.444 e. The highest BCUT2D eigenvalue weighted by atomic mass is 16.6. The van der Waals surface area contributed by atoms with Gasteiger partial charge in [0.2, 0.25) is 5.91 Å². The van der Waals surface area contributed by atoms with Crippen LogP contribution in [0, 0.1) is 0 Å². The van der Waals surface area contributed by atoms with Crippen LogP contribution in [0.1, 0.15) is 46.5 Å². The van der Waals surface area contributed by atoms with Gasteiger partial charge in [-0.1, -0.05) is 0 Å². The summed E-state index contributed by atoms with van der Waals surface area (Å²) in [6.45, 7) is 5.33. The predicted molar refractivity (Wildman–Crippen MR) is 73.7 cm³/mol. The lowest BCUT2D eigenvalue weighted by Crippen LogP contribution is -2.46. The van der Waals surface area contributed by atoms with E-state index < -0.39 is 17.6 Å². The molecule has 0 heterocycles. The molecular formula is C13H25N3O4. The number of hydrogen-bond donors (Lipinski definition) is 3. The van der Waals surface area contributed by atoms with Crippen molar-refractivity contribution in [2.24, 2.45) is 5.73 Å². The van der Waals surface area contributed by atoms with Crippen molar-refractivity contribution < 1.29 is 19.2 Å². The lowest BCUT2D eigenvalue weighted by molar-refractivity contribution is -0.126. The van der Waals surface area contributed by atoms with Gasteiger partial charge in [-0.05, 0) is 46.5 Å². The zero-order valence-electron chi connectivity index (χ0n) is 12.4. The van der Waals surface area contributed by atoms with Gasteiger partial charge in [0.15, 0.2) is 0 Å². The van der Waals surface area contributed by atoms with Gasteiger partial charge in [-0.25, -0.2) is 4.79 Å². The Morgan fingerprint density at radius 2 is 1.90 bits per heavy atom. The van der Waals surface area contributed by atoms with Crippen LogP contribution in [0.2, 0.25) is 0 Å². The third-order valence-electron chi connectivity index (χ3n) is 2.86. The summed E-state index contributed by atoms with van der Waals surface area (Å²) < 4.78 is 5.23. The first-order chi connectivity index (χ1) is 9.26. The molecule has 0 aromatic rings. The van der Waals surface area contributed by atoms with Gasteiger partial charge in [0.25, 0.3) is 0 Å². The Bertz CT molecular complexity index is 341. The first-order valence-corrected chi connectivity index (χ1v) is 6.91. The van der Waals surface area contributed by atoms with Crippen molar-refractivity contribution in [2.75, 3.05) is 6.61 Å². The highest BCUT2D eigenvalue weighted by molar-refractivity contribution is 5.74. The molecular weight excluding hydrogens is 262 g/mol. The van der Waals surface area contributed by atoms with Crippen LogP contribution in [-0.2, 0) is 14.4 Å². The minimum atomic E-state index is -0.517. The Labute approximate surface area is 119 Å². The molecule has 0 radical (unpaired) electrons. The number of hydrogen-bond acceptors (Lipinski definition) is 5. The maximum absolute atomic E-state index is 11.7. The molecule has 116 valence electrons. The molecule has 7 nitrogen and oxygen atoms in total. The van der Waals surface area contributed by atoms with Crippen molar-refractivity contribution in [1.82, 2.24) is 10.8 Å². The molecule has 0 bridgehead atoms. The van der Waals surface area contributed by atoms with Crippen molar-refractivity contribution in [1.29, 1.82) is 0 Å². The van der Waals surface area contributed by atoms with Crippen LogP contribution in [0.25, 0.3) is 0 Å². The standard InChI is InChI=1S/C13H25N3O4/c1-13(2,3)20-12(18)15-9-5-4-6-10(7-9)16-19-8-11(14)17/h9-10,16H,4-8H2,1-3H3,(H2,14,17)(H,15,18). The highest BCUT2D eigenvalue weighted by Gasteiger charge is 2.25. The molecule has 2 atom stereocenters. The molecule has 2 unspecified atom stereocenters. The lowest BCUT2D eigenvalue weighted by atomic mass is 9.91. The smallest absolute Gasteiger partial charge is 0.407 e. The van der Waals surface area contributed by atoms with E-state index in [9.17, 15) is 9.59 Å². The molecule has 20 heavy (non-hydrogen) atoms. The van der Waals surface area contributed by atoms with Crippen LogP contribution in [0.4, 0.5) is 4.79 Å². The van der Waals surface area contributed by atoms with Crippen LogP contribution in [0.5, 0.6) is 0 Å². The van der Waals surface area contributed by atoms with Crippen LogP contribution in [0.15, 0.2) is 0 Å². The second-order valence-electron chi connectivity index (χ2n) is 6.08. The summed E-state index contributed by atoms with van der Waals surface area (Å²) in [7, 11) is 0. The number of nitrogens with two attached hydrogens (primary N) is 1. The molecule has 0 aromatic heterocycles. The van der Waals surface area contributed by atoms with Gasteiger partial charge in [-0.15, -0.1) is 0 Å². The van der Waals surface area contributed by atoms with Gasteiger partial charge in [0.05, 0.1) is 0 Å². The largest absolute Gasteiger partial charge is 0.444 e. The van der Waals surface area contributed by atoms with E-state index in [1.165, 1.54) is 0 Å². The number of amides is 2. The molecule has 1 fully saturated rings. The Balaban J connectivity index is 2.30. The van der Waals surface area contributed by atoms with Crippen molar-refractivity contribution in [2.45, 2.75) is 64.1 Å². The average Bonchev–Trinajstić information content (AvgIpc) is 2.26. The fourth-order valence-corrected chi connectivity index (χ4v) is 2.13. The van der Waals surface area contributed by atoms with Crippen molar-refractivity contribution >= 4 is 12.0 Å². The Kier molecular flexibility index (Phi) is 6.22. The molecule has 0 saturated heterocycles. The molecule has 0 aliphatic heterocycles. The summed E-state index contributed by atoms with van der Waals surface area (Å²) in [6, 6.07) is 0.149. The lowest BCUT2D eigenvalue weighted by Gasteiger charge is -2.30. The fraction of sp³-hybridized carbons (Fsp3) is 0.846. The second kappa shape index (κ2) is 7.44. The zero-order valence-corrected chi connectivity index (χ0v) is 12.4. The van der Waals surface area contributed by atoms with E-state index in [1.54, 1.807) is 0 Å². The topological polar surface area (TPSA) is 103 Å². The SMILES string of the molecule is CC(C)(C)OC(=O)NC1CCCC(NOCC(N)=O)C1. The summed E-state index contributed by atoms with van der Waals surface area (Å²) in [5.41, 5.74) is 7.29. The summed E-state index contributed by atoms with van der Waals surface area (Å²) in [4.78, 5) is 27.3. The second-order valence-corrected chi connectivity index (χ2v) is 6.08. The molecule has 1 aliphatic carbocycles. The number of nitrogens with one attached hydrogen (secondary N) is 2. The number of carbonyl (C=O) groups excluding carboxylic acids is 2. The highest BCUT2D eigenvalue weighted by Crippen LogP contribution is 2.19. The maximum Gasteiger partial charge on any atom is 0.407 e. The van der Waals surface area contributed by atoms with Gasteiger partial charge < -0.3 is 15.8 Å². The normalized spacial score (nSPS) is 23.1. The van der Waals surface area contributed by atoms with Gasteiger partial charge in [0.1, 0.15) is 12.2 Å². The summed E-state index contributed by atoms with van der Waals surface area (Å²) >= 11 is 0. The number of rotatable bonds is 5. The molecule has 4 N–H and O–H groups in total. The van der Waals surface area contributed by atoms with Crippen molar-refractivity contribution in [3.63, 3.8) is 0 Å². The van der Waals surface area contributed by atoms with Gasteiger partial charge in [-0.2, -0.15) is 5.48 Å². The Hall–Kier alpha value is -1.34. The Morgan fingerprint density at radius 3 is 2.50 bits per heavy atom. The summed E-state index contributed by atoms with van der Waals surface area (Å²) in [6.07, 6.45) is 3.15. The third-order valence-corrected chi connectivity index (χ3v) is 2.86. The van der Waals surface area contributed by atoms with Crippen LogP contribution in [-0.4, -0.2) is 36.3 Å². The average molecular weight is 287 g/mol.